The maximum Gasteiger partial charge on any atom is 0.246 e. The minimum atomic E-state index is -3.57. The largest absolute Gasteiger partial charge is 0.495 e. The zero-order chi connectivity index (χ0) is 14.9. The summed E-state index contributed by atoms with van der Waals surface area (Å²) in [6.45, 7) is 4.48. The van der Waals surface area contributed by atoms with E-state index in [1.54, 1.807) is 12.1 Å². The van der Waals surface area contributed by atoms with Gasteiger partial charge in [0.2, 0.25) is 10.0 Å². The van der Waals surface area contributed by atoms with Gasteiger partial charge in [-0.25, -0.2) is 8.42 Å². The van der Waals surface area contributed by atoms with Crippen molar-refractivity contribution in [1.82, 2.24) is 4.31 Å². The van der Waals surface area contributed by atoms with Gasteiger partial charge in [0.05, 0.1) is 19.3 Å². The fraction of sp³-hybridized carbons (Fsp3) is 0.538. The summed E-state index contributed by atoms with van der Waals surface area (Å²) < 4.78 is 38.7. The molecule has 1 heterocycles. The Bertz CT molecular complexity index is 580. The lowest BCUT2D eigenvalue weighted by Gasteiger charge is -2.34. The highest BCUT2D eigenvalue weighted by Gasteiger charge is 2.34. The quantitative estimate of drug-likeness (QED) is 0.715. The number of halogens is 1. The average molecular weight is 411 g/mol. The summed E-state index contributed by atoms with van der Waals surface area (Å²) in [6, 6.07) is 5.14. The molecule has 1 fully saturated rings. The van der Waals surface area contributed by atoms with Crippen LogP contribution in [0.3, 0.4) is 0 Å². The van der Waals surface area contributed by atoms with Crippen molar-refractivity contribution in [2.45, 2.75) is 31.0 Å². The highest BCUT2D eigenvalue weighted by atomic mass is 127. The van der Waals surface area contributed by atoms with Crippen LogP contribution in [0, 0.1) is 3.57 Å². The number of hydrogen-bond donors (Lipinski definition) is 0. The van der Waals surface area contributed by atoms with Crippen LogP contribution in [0.5, 0.6) is 5.75 Å². The van der Waals surface area contributed by atoms with Crippen LogP contribution in [-0.2, 0) is 14.8 Å². The SMILES string of the molecule is COc1ccc(I)cc1S(=O)(=O)N1C[C@H](C)O[C@@H](C)C1. The van der Waals surface area contributed by atoms with E-state index in [0.29, 0.717) is 18.8 Å². The maximum absolute atomic E-state index is 12.8. The topological polar surface area (TPSA) is 55.8 Å². The maximum atomic E-state index is 12.8. The minimum Gasteiger partial charge on any atom is -0.495 e. The van der Waals surface area contributed by atoms with Crippen LogP contribution in [0.25, 0.3) is 0 Å². The van der Waals surface area contributed by atoms with Crippen molar-refractivity contribution in [2.75, 3.05) is 20.2 Å². The smallest absolute Gasteiger partial charge is 0.246 e. The van der Waals surface area contributed by atoms with E-state index in [4.69, 9.17) is 9.47 Å². The first-order valence-electron chi connectivity index (χ1n) is 6.33. The number of nitrogens with zero attached hydrogens (tertiary/aromatic N) is 1. The summed E-state index contributed by atoms with van der Waals surface area (Å²) in [7, 11) is -2.09. The Hall–Kier alpha value is -0.380. The Kier molecular flexibility index (Phi) is 4.93. The zero-order valence-electron chi connectivity index (χ0n) is 11.7. The average Bonchev–Trinajstić information content (AvgIpc) is 2.37. The monoisotopic (exact) mass is 411 g/mol. The minimum absolute atomic E-state index is 0.109. The van der Waals surface area contributed by atoms with Gasteiger partial charge in [0.25, 0.3) is 0 Å². The second-order valence-corrected chi connectivity index (χ2v) is 8.03. The fourth-order valence-electron chi connectivity index (χ4n) is 2.32. The van der Waals surface area contributed by atoms with Crippen molar-refractivity contribution in [3.05, 3.63) is 21.8 Å². The van der Waals surface area contributed by atoms with Crippen molar-refractivity contribution in [3.63, 3.8) is 0 Å². The molecule has 1 aliphatic rings. The Morgan fingerprint density at radius 2 is 1.90 bits per heavy atom. The van der Waals surface area contributed by atoms with Gasteiger partial charge < -0.3 is 9.47 Å². The summed E-state index contributed by atoms with van der Waals surface area (Å²) in [5.41, 5.74) is 0. The lowest BCUT2D eigenvalue weighted by atomic mass is 10.3. The molecule has 2 rings (SSSR count). The third-order valence-corrected chi connectivity index (χ3v) is 5.65. The van der Waals surface area contributed by atoms with Gasteiger partial charge in [0.1, 0.15) is 10.6 Å². The van der Waals surface area contributed by atoms with E-state index in [1.807, 2.05) is 19.9 Å². The van der Waals surface area contributed by atoms with E-state index in [1.165, 1.54) is 11.4 Å². The highest BCUT2D eigenvalue weighted by molar-refractivity contribution is 14.1. The molecule has 0 aromatic heterocycles. The molecule has 0 spiro atoms. The normalized spacial score (nSPS) is 24.6. The van der Waals surface area contributed by atoms with E-state index >= 15 is 0 Å². The van der Waals surface area contributed by atoms with E-state index in [-0.39, 0.29) is 17.1 Å². The van der Waals surface area contributed by atoms with Crippen molar-refractivity contribution in [3.8, 4) is 5.75 Å². The van der Waals surface area contributed by atoms with Crippen LogP contribution in [0.2, 0.25) is 0 Å². The molecule has 1 aromatic rings. The van der Waals surface area contributed by atoms with Crippen molar-refractivity contribution in [1.29, 1.82) is 0 Å². The second kappa shape index (κ2) is 6.17. The Labute approximate surface area is 133 Å². The molecule has 0 unspecified atom stereocenters. The predicted octanol–water partition coefficient (Wildman–Crippen LogP) is 2.10. The molecule has 1 aliphatic heterocycles. The fourth-order valence-corrected chi connectivity index (χ4v) is 4.79. The van der Waals surface area contributed by atoms with Crippen LogP contribution in [-0.4, -0.2) is 45.1 Å². The Morgan fingerprint density at radius 3 is 2.45 bits per heavy atom. The molecule has 7 heteroatoms. The number of hydrogen-bond acceptors (Lipinski definition) is 4. The molecule has 1 saturated heterocycles. The van der Waals surface area contributed by atoms with Crippen molar-refractivity contribution in [2.24, 2.45) is 0 Å². The molecule has 0 bridgehead atoms. The molecule has 2 atom stereocenters. The van der Waals surface area contributed by atoms with E-state index < -0.39 is 10.0 Å². The molecular formula is C13H18INO4S. The van der Waals surface area contributed by atoms with Gasteiger partial charge in [0, 0.05) is 16.7 Å². The first kappa shape index (κ1) is 16.0. The molecule has 0 aliphatic carbocycles. The molecule has 0 radical (unpaired) electrons. The lowest BCUT2D eigenvalue weighted by Crippen LogP contribution is -2.48. The highest BCUT2D eigenvalue weighted by Crippen LogP contribution is 2.30. The van der Waals surface area contributed by atoms with E-state index in [0.717, 1.165) is 3.57 Å². The van der Waals surface area contributed by atoms with Crippen molar-refractivity contribution >= 4 is 32.6 Å². The molecule has 0 amide bonds. The van der Waals surface area contributed by atoms with Gasteiger partial charge in [-0.15, -0.1) is 0 Å². The summed E-state index contributed by atoms with van der Waals surface area (Å²) in [5.74, 6) is 0.372. The zero-order valence-corrected chi connectivity index (χ0v) is 14.6. The number of methoxy groups -OCH3 is 1. The lowest BCUT2D eigenvalue weighted by molar-refractivity contribution is -0.0441. The van der Waals surface area contributed by atoms with Crippen LogP contribution >= 0.6 is 22.6 Å². The number of ether oxygens (including phenoxy) is 2. The molecule has 112 valence electrons. The Balaban J connectivity index is 2.42. The molecule has 0 N–H and O–H groups in total. The summed E-state index contributed by atoms with van der Waals surface area (Å²) in [6.07, 6.45) is -0.218. The van der Waals surface area contributed by atoms with Gasteiger partial charge in [-0.1, -0.05) is 0 Å². The molecule has 0 saturated carbocycles. The molecule has 1 aromatic carbocycles. The number of benzene rings is 1. The molecule has 5 nitrogen and oxygen atoms in total. The van der Waals surface area contributed by atoms with Crippen molar-refractivity contribution < 1.29 is 17.9 Å². The first-order valence-corrected chi connectivity index (χ1v) is 8.85. The molecule has 20 heavy (non-hydrogen) atoms. The van der Waals surface area contributed by atoms with Crippen LogP contribution < -0.4 is 4.74 Å². The van der Waals surface area contributed by atoms with Gasteiger partial charge >= 0.3 is 0 Å². The van der Waals surface area contributed by atoms with Gasteiger partial charge in [-0.05, 0) is 54.6 Å². The first-order chi connectivity index (χ1) is 9.34. The van der Waals surface area contributed by atoms with Crippen LogP contribution in [0.1, 0.15) is 13.8 Å². The third-order valence-electron chi connectivity index (χ3n) is 3.13. The number of rotatable bonds is 3. The van der Waals surface area contributed by atoms with Gasteiger partial charge in [-0.3, -0.25) is 0 Å². The third kappa shape index (κ3) is 3.26. The summed E-state index contributed by atoms with van der Waals surface area (Å²) >= 11 is 2.09. The van der Waals surface area contributed by atoms with Gasteiger partial charge in [0.15, 0.2) is 0 Å². The molecular weight excluding hydrogens is 393 g/mol. The number of sulfonamides is 1. The Morgan fingerprint density at radius 1 is 1.30 bits per heavy atom. The van der Waals surface area contributed by atoms with E-state index in [2.05, 4.69) is 22.6 Å². The van der Waals surface area contributed by atoms with Crippen LogP contribution in [0.15, 0.2) is 23.1 Å². The summed E-state index contributed by atoms with van der Waals surface area (Å²) in [5, 5.41) is 0. The van der Waals surface area contributed by atoms with E-state index in [9.17, 15) is 8.42 Å². The standard InChI is InChI=1S/C13H18INO4S/c1-9-7-15(8-10(2)19-9)20(16,17)13-6-11(14)4-5-12(13)18-3/h4-6,9-10H,7-8H2,1-3H3/t9-,10-/m0/s1. The second-order valence-electron chi connectivity index (χ2n) is 4.87. The predicted molar refractivity (Wildman–Crippen MR) is 84.5 cm³/mol. The van der Waals surface area contributed by atoms with Gasteiger partial charge in [-0.2, -0.15) is 4.31 Å². The number of morpholine rings is 1. The summed E-state index contributed by atoms with van der Waals surface area (Å²) in [4.78, 5) is 0.216. The van der Waals surface area contributed by atoms with Crippen LogP contribution in [0.4, 0.5) is 0 Å².